The molecule has 0 spiro atoms. The van der Waals surface area contributed by atoms with Gasteiger partial charge >= 0.3 is 0 Å². The summed E-state index contributed by atoms with van der Waals surface area (Å²) in [4.78, 5) is 17.3. The van der Waals surface area contributed by atoms with Gasteiger partial charge in [-0.15, -0.1) is 0 Å². The zero-order valence-corrected chi connectivity index (χ0v) is 11.9. The van der Waals surface area contributed by atoms with Crippen LogP contribution in [0.15, 0.2) is 29.1 Å². The van der Waals surface area contributed by atoms with Gasteiger partial charge in [-0.2, -0.15) is 0 Å². The van der Waals surface area contributed by atoms with Crippen molar-refractivity contribution in [3.63, 3.8) is 0 Å². The predicted molar refractivity (Wildman–Crippen MR) is 77.2 cm³/mol. The Morgan fingerprint density at radius 1 is 1.32 bits per heavy atom. The van der Waals surface area contributed by atoms with Gasteiger partial charge in [0.15, 0.2) is 5.82 Å². The molecule has 1 atom stereocenters. The van der Waals surface area contributed by atoms with Gasteiger partial charge in [0.25, 0.3) is 5.56 Å². The molecular formula is C15H22N3O+. The zero-order valence-electron chi connectivity index (χ0n) is 11.9. The van der Waals surface area contributed by atoms with Crippen molar-refractivity contribution in [2.24, 2.45) is 0 Å². The topological polar surface area (TPSA) is 51.5 Å². The number of quaternary nitrogens is 1. The highest BCUT2D eigenvalue weighted by atomic mass is 16.1. The van der Waals surface area contributed by atoms with Gasteiger partial charge in [0.1, 0.15) is 6.04 Å². The number of nitrogens with zero attached hydrogens (tertiary/aromatic N) is 2. The molecule has 1 heterocycles. The highest BCUT2D eigenvalue weighted by Crippen LogP contribution is 2.11. The molecule has 2 N–H and O–H groups in total. The Hall–Kier alpha value is -1.68. The molecule has 0 saturated heterocycles. The van der Waals surface area contributed by atoms with Gasteiger partial charge in [0.2, 0.25) is 0 Å². The maximum atomic E-state index is 12.6. The number of hydrogen-bond acceptors (Lipinski definition) is 2. The lowest BCUT2D eigenvalue weighted by atomic mass is 10.2. The van der Waals surface area contributed by atoms with E-state index < -0.39 is 0 Å². The van der Waals surface area contributed by atoms with E-state index in [-0.39, 0.29) is 11.6 Å². The van der Waals surface area contributed by atoms with Gasteiger partial charge in [-0.25, -0.2) is 4.98 Å². The molecule has 2 rings (SSSR count). The standard InChI is InChI=1S/C15H21N3O/c1-4-10-18-14(11(3)16-5-2)17-13-9-7-6-8-12(13)15(18)19/h6-9,11,16H,4-5,10H2,1-3H3/p+1/t11-/m0/s1. The third-order valence-corrected chi connectivity index (χ3v) is 3.33. The van der Waals surface area contributed by atoms with Crippen LogP contribution in [0.25, 0.3) is 10.9 Å². The average Bonchev–Trinajstić information content (AvgIpc) is 2.42. The fourth-order valence-corrected chi connectivity index (χ4v) is 2.43. The quantitative estimate of drug-likeness (QED) is 0.884. The molecule has 1 aromatic carbocycles. The molecule has 0 amide bonds. The highest BCUT2D eigenvalue weighted by molar-refractivity contribution is 5.77. The van der Waals surface area contributed by atoms with Crippen LogP contribution >= 0.6 is 0 Å². The molecule has 0 bridgehead atoms. The van der Waals surface area contributed by atoms with Crippen LogP contribution < -0.4 is 10.9 Å². The van der Waals surface area contributed by atoms with Crippen LogP contribution in [0, 0.1) is 0 Å². The van der Waals surface area contributed by atoms with Crippen LogP contribution in [-0.4, -0.2) is 16.1 Å². The van der Waals surface area contributed by atoms with Crippen molar-refractivity contribution in [2.45, 2.75) is 39.8 Å². The van der Waals surface area contributed by atoms with Crippen LogP contribution in [0.4, 0.5) is 0 Å². The Labute approximate surface area is 113 Å². The summed E-state index contributed by atoms with van der Waals surface area (Å²) in [6, 6.07) is 7.79. The summed E-state index contributed by atoms with van der Waals surface area (Å²) in [5.74, 6) is 0.882. The third kappa shape index (κ3) is 2.68. The van der Waals surface area contributed by atoms with Gasteiger partial charge < -0.3 is 5.32 Å². The molecule has 0 aliphatic carbocycles. The minimum absolute atomic E-state index is 0.0822. The maximum absolute atomic E-state index is 12.6. The van der Waals surface area contributed by atoms with E-state index >= 15 is 0 Å². The lowest BCUT2D eigenvalue weighted by Crippen LogP contribution is -2.84. The Kier molecular flexibility index (Phi) is 4.32. The van der Waals surface area contributed by atoms with Crippen LogP contribution in [0.2, 0.25) is 0 Å². The van der Waals surface area contributed by atoms with Crippen molar-refractivity contribution in [3.8, 4) is 0 Å². The molecule has 4 nitrogen and oxygen atoms in total. The summed E-state index contributed by atoms with van der Waals surface area (Å²) >= 11 is 0. The monoisotopic (exact) mass is 260 g/mol. The summed E-state index contributed by atoms with van der Waals surface area (Å²) in [6.45, 7) is 8.01. The summed E-state index contributed by atoms with van der Waals surface area (Å²) in [5.41, 5.74) is 0.880. The summed E-state index contributed by atoms with van der Waals surface area (Å²) in [7, 11) is 0. The van der Waals surface area contributed by atoms with E-state index in [1.54, 1.807) is 0 Å². The number of benzene rings is 1. The first-order chi connectivity index (χ1) is 9.19. The molecule has 19 heavy (non-hydrogen) atoms. The minimum Gasteiger partial charge on any atom is -0.338 e. The normalized spacial score (nSPS) is 12.8. The number of hydrogen-bond donors (Lipinski definition) is 1. The van der Waals surface area contributed by atoms with Gasteiger partial charge in [-0.3, -0.25) is 9.36 Å². The van der Waals surface area contributed by atoms with Crippen LogP contribution in [-0.2, 0) is 6.54 Å². The second-order valence-corrected chi connectivity index (χ2v) is 4.88. The SMILES string of the molecule is CCCn1c([C@H](C)[NH2+]CC)nc2ccccc2c1=O. The van der Waals surface area contributed by atoms with Crippen molar-refractivity contribution < 1.29 is 5.32 Å². The molecule has 0 aliphatic rings. The van der Waals surface area contributed by atoms with E-state index in [2.05, 4.69) is 26.1 Å². The first-order valence-electron chi connectivity index (χ1n) is 7.01. The van der Waals surface area contributed by atoms with E-state index in [4.69, 9.17) is 4.98 Å². The molecule has 1 aromatic heterocycles. The largest absolute Gasteiger partial charge is 0.338 e. The first-order valence-corrected chi connectivity index (χ1v) is 7.01. The lowest BCUT2D eigenvalue weighted by molar-refractivity contribution is -0.691. The summed E-state index contributed by atoms with van der Waals surface area (Å²) < 4.78 is 1.83. The molecule has 0 unspecified atom stereocenters. The Balaban J connectivity index is 2.66. The zero-order chi connectivity index (χ0) is 13.8. The van der Waals surface area contributed by atoms with E-state index in [9.17, 15) is 4.79 Å². The third-order valence-electron chi connectivity index (χ3n) is 3.33. The maximum Gasteiger partial charge on any atom is 0.261 e. The van der Waals surface area contributed by atoms with Crippen LogP contribution in [0.1, 0.15) is 39.1 Å². The van der Waals surface area contributed by atoms with Crippen molar-refractivity contribution in [2.75, 3.05) is 6.54 Å². The number of para-hydroxylation sites is 1. The second kappa shape index (κ2) is 5.97. The molecule has 0 radical (unpaired) electrons. The summed E-state index contributed by atoms with van der Waals surface area (Å²) in [5, 5.41) is 2.91. The minimum atomic E-state index is 0.0822. The fourth-order valence-electron chi connectivity index (χ4n) is 2.43. The van der Waals surface area contributed by atoms with Crippen molar-refractivity contribution in [3.05, 3.63) is 40.4 Å². The van der Waals surface area contributed by atoms with Crippen molar-refractivity contribution in [1.29, 1.82) is 0 Å². The van der Waals surface area contributed by atoms with Crippen LogP contribution in [0.5, 0.6) is 0 Å². The van der Waals surface area contributed by atoms with Gasteiger partial charge in [-0.05, 0) is 32.4 Å². The predicted octanol–water partition coefficient (Wildman–Crippen LogP) is 1.45. The second-order valence-electron chi connectivity index (χ2n) is 4.88. The Morgan fingerprint density at radius 3 is 2.74 bits per heavy atom. The summed E-state index contributed by atoms with van der Waals surface area (Å²) in [6.07, 6.45) is 0.936. The Morgan fingerprint density at radius 2 is 2.05 bits per heavy atom. The van der Waals surface area contributed by atoms with E-state index in [0.29, 0.717) is 5.39 Å². The molecule has 102 valence electrons. The van der Waals surface area contributed by atoms with Gasteiger partial charge in [-0.1, -0.05) is 19.1 Å². The van der Waals surface area contributed by atoms with E-state index in [1.165, 1.54) is 0 Å². The smallest absolute Gasteiger partial charge is 0.261 e. The number of aromatic nitrogens is 2. The molecular weight excluding hydrogens is 238 g/mol. The number of fused-ring (bicyclic) bond motifs is 1. The van der Waals surface area contributed by atoms with E-state index in [0.717, 1.165) is 30.9 Å². The molecule has 2 aromatic rings. The molecule has 0 saturated carbocycles. The van der Waals surface area contributed by atoms with Gasteiger partial charge in [0.05, 0.1) is 17.4 Å². The van der Waals surface area contributed by atoms with E-state index in [1.807, 2.05) is 28.8 Å². The molecule has 0 aliphatic heterocycles. The molecule has 0 fully saturated rings. The average molecular weight is 260 g/mol. The van der Waals surface area contributed by atoms with Crippen LogP contribution in [0.3, 0.4) is 0 Å². The first kappa shape index (κ1) is 13.7. The molecule has 4 heteroatoms. The van der Waals surface area contributed by atoms with Gasteiger partial charge in [0, 0.05) is 6.54 Å². The lowest BCUT2D eigenvalue weighted by Gasteiger charge is -2.16. The Bertz CT molecular complexity index is 618. The number of rotatable bonds is 5. The fraction of sp³-hybridized carbons (Fsp3) is 0.467. The number of nitrogens with two attached hydrogens (primary N) is 1. The van der Waals surface area contributed by atoms with Crippen molar-refractivity contribution >= 4 is 10.9 Å². The highest BCUT2D eigenvalue weighted by Gasteiger charge is 2.17. The van der Waals surface area contributed by atoms with Crippen molar-refractivity contribution in [1.82, 2.24) is 9.55 Å².